The molecule has 0 radical (unpaired) electrons. The minimum absolute atomic E-state index is 0.00297. The molecule has 2 aromatic rings. The van der Waals surface area contributed by atoms with Gasteiger partial charge in [-0.3, -0.25) is 9.47 Å². The zero-order valence-corrected chi connectivity index (χ0v) is 15.2. The zero-order valence-electron chi connectivity index (χ0n) is 15.2. The van der Waals surface area contributed by atoms with E-state index in [0.29, 0.717) is 12.1 Å². The lowest BCUT2D eigenvalue weighted by molar-refractivity contribution is 0.155. The van der Waals surface area contributed by atoms with Gasteiger partial charge in [-0.2, -0.15) is 0 Å². The topological polar surface area (TPSA) is 62.5 Å². The summed E-state index contributed by atoms with van der Waals surface area (Å²) in [6.07, 6.45) is 0. The Balaban J connectivity index is 1.72. The number of rotatable bonds is 4. The van der Waals surface area contributed by atoms with Gasteiger partial charge in [0, 0.05) is 45.3 Å². The Labute approximate surface area is 147 Å². The van der Waals surface area contributed by atoms with Crippen molar-refractivity contribution in [3.05, 3.63) is 34.7 Å². The summed E-state index contributed by atoms with van der Waals surface area (Å²) in [7, 11) is 2.12. The van der Waals surface area contributed by atoms with Gasteiger partial charge in [0.2, 0.25) is 0 Å². The fraction of sp³-hybridized carbons (Fsp3) is 0.556. The van der Waals surface area contributed by atoms with Crippen LogP contribution in [0.15, 0.2) is 29.1 Å². The maximum absolute atomic E-state index is 12.7. The number of aromatic nitrogens is 2. The lowest BCUT2D eigenvalue weighted by Crippen LogP contribution is -2.47. The molecule has 25 heavy (non-hydrogen) atoms. The Kier molecular flexibility index (Phi) is 5.24. The van der Waals surface area contributed by atoms with Gasteiger partial charge in [0.15, 0.2) is 0 Å². The molecule has 136 valence electrons. The van der Waals surface area contributed by atoms with E-state index in [4.69, 9.17) is 0 Å². The lowest BCUT2D eigenvalue weighted by atomic mass is 10.3. The van der Waals surface area contributed by atoms with Crippen LogP contribution in [0.3, 0.4) is 0 Å². The van der Waals surface area contributed by atoms with Gasteiger partial charge in [-0.15, -0.1) is 0 Å². The SMILES string of the molecule is CC(C)n1c(=O)n(C(=O)NCCN2CCN(C)CC2)c2ccccc21. The Morgan fingerprint density at radius 3 is 2.40 bits per heavy atom. The number of carbonyl (C=O) groups excluding carboxylic acids is 1. The molecule has 1 saturated heterocycles. The number of piperazine rings is 1. The second-order valence-corrected chi connectivity index (χ2v) is 6.95. The molecule has 1 amide bonds. The van der Waals surface area contributed by atoms with Gasteiger partial charge >= 0.3 is 11.7 Å². The molecule has 1 aliphatic heterocycles. The average Bonchev–Trinajstić information content (AvgIpc) is 2.88. The lowest BCUT2D eigenvalue weighted by Gasteiger charge is -2.32. The number of hydrogen-bond acceptors (Lipinski definition) is 4. The average molecular weight is 345 g/mol. The van der Waals surface area contributed by atoms with Crippen LogP contribution in [-0.4, -0.2) is 71.3 Å². The Morgan fingerprint density at radius 2 is 1.76 bits per heavy atom. The molecule has 0 aliphatic carbocycles. The van der Waals surface area contributed by atoms with Crippen LogP contribution in [0.25, 0.3) is 11.0 Å². The van der Waals surface area contributed by atoms with Crippen molar-refractivity contribution < 1.29 is 4.79 Å². The van der Waals surface area contributed by atoms with Gasteiger partial charge in [0.05, 0.1) is 11.0 Å². The van der Waals surface area contributed by atoms with Crippen molar-refractivity contribution in [2.24, 2.45) is 0 Å². The first-order chi connectivity index (χ1) is 12.0. The number of carbonyl (C=O) groups is 1. The Bertz CT molecular complexity index is 799. The van der Waals surface area contributed by atoms with Gasteiger partial charge in [0.25, 0.3) is 0 Å². The van der Waals surface area contributed by atoms with Crippen LogP contribution >= 0.6 is 0 Å². The summed E-state index contributed by atoms with van der Waals surface area (Å²) in [6.45, 7) is 9.36. The number of hydrogen-bond donors (Lipinski definition) is 1. The predicted octanol–water partition coefficient (Wildman–Crippen LogP) is 1.19. The van der Waals surface area contributed by atoms with Crippen molar-refractivity contribution in [3.8, 4) is 0 Å². The maximum Gasteiger partial charge on any atom is 0.337 e. The molecule has 0 atom stereocenters. The van der Waals surface area contributed by atoms with E-state index in [9.17, 15) is 9.59 Å². The number of benzene rings is 1. The minimum Gasteiger partial charge on any atom is -0.336 e. The smallest absolute Gasteiger partial charge is 0.336 e. The molecule has 1 aliphatic rings. The normalized spacial score (nSPS) is 16.6. The summed E-state index contributed by atoms with van der Waals surface area (Å²) in [5, 5.41) is 2.90. The summed E-state index contributed by atoms with van der Waals surface area (Å²) in [5.41, 5.74) is 1.16. The molecule has 1 N–H and O–H groups in total. The number of amides is 1. The molecule has 0 spiro atoms. The number of nitrogens with zero attached hydrogens (tertiary/aromatic N) is 4. The van der Waals surface area contributed by atoms with Crippen LogP contribution in [0.1, 0.15) is 19.9 Å². The van der Waals surface area contributed by atoms with Gasteiger partial charge in [0.1, 0.15) is 0 Å². The van der Waals surface area contributed by atoms with Crippen LogP contribution in [0.4, 0.5) is 4.79 Å². The fourth-order valence-corrected chi connectivity index (χ4v) is 3.34. The second-order valence-electron chi connectivity index (χ2n) is 6.95. The van der Waals surface area contributed by atoms with E-state index < -0.39 is 0 Å². The molecular weight excluding hydrogens is 318 g/mol. The van der Waals surface area contributed by atoms with Crippen molar-refractivity contribution in [2.45, 2.75) is 19.9 Å². The summed E-state index contributed by atoms with van der Waals surface area (Å²) < 4.78 is 2.91. The number of nitrogens with one attached hydrogen (secondary N) is 1. The molecule has 0 bridgehead atoms. The van der Waals surface area contributed by atoms with E-state index in [1.54, 1.807) is 4.57 Å². The van der Waals surface area contributed by atoms with Crippen LogP contribution < -0.4 is 11.0 Å². The van der Waals surface area contributed by atoms with E-state index in [-0.39, 0.29) is 17.8 Å². The summed E-state index contributed by atoms with van der Waals surface area (Å²) in [5.74, 6) is 0. The first-order valence-electron chi connectivity index (χ1n) is 8.90. The Morgan fingerprint density at radius 1 is 1.12 bits per heavy atom. The van der Waals surface area contributed by atoms with Crippen LogP contribution in [0.2, 0.25) is 0 Å². The summed E-state index contributed by atoms with van der Waals surface area (Å²) in [4.78, 5) is 30.0. The monoisotopic (exact) mass is 345 g/mol. The van der Waals surface area contributed by atoms with Crippen molar-refractivity contribution >= 4 is 17.1 Å². The maximum atomic E-state index is 12.7. The third-order valence-corrected chi connectivity index (χ3v) is 4.80. The third kappa shape index (κ3) is 3.62. The standard InChI is InChI=1S/C18H27N5O2/c1-14(2)22-15-6-4-5-7-16(15)23(18(22)25)17(24)19-8-9-21-12-10-20(3)11-13-21/h4-7,14H,8-13H2,1-3H3,(H,19,24). The van der Waals surface area contributed by atoms with Crippen molar-refractivity contribution in [3.63, 3.8) is 0 Å². The highest BCUT2D eigenvalue weighted by molar-refractivity contribution is 5.89. The van der Waals surface area contributed by atoms with Crippen molar-refractivity contribution in [1.82, 2.24) is 24.3 Å². The van der Waals surface area contributed by atoms with Crippen LogP contribution in [-0.2, 0) is 0 Å². The van der Waals surface area contributed by atoms with E-state index >= 15 is 0 Å². The van der Waals surface area contributed by atoms with Crippen molar-refractivity contribution in [1.29, 1.82) is 0 Å². The highest BCUT2D eigenvalue weighted by Crippen LogP contribution is 2.16. The highest BCUT2D eigenvalue weighted by atomic mass is 16.2. The first kappa shape index (κ1) is 17.7. The van der Waals surface area contributed by atoms with Crippen LogP contribution in [0, 0.1) is 0 Å². The molecule has 7 nitrogen and oxygen atoms in total. The molecule has 1 fully saturated rings. The van der Waals surface area contributed by atoms with Gasteiger partial charge in [-0.05, 0) is 33.0 Å². The fourth-order valence-electron chi connectivity index (χ4n) is 3.34. The molecule has 2 heterocycles. The Hall–Kier alpha value is -2.12. The third-order valence-electron chi connectivity index (χ3n) is 4.80. The summed E-state index contributed by atoms with van der Waals surface area (Å²) >= 11 is 0. The molecule has 1 aromatic heterocycles. The summed E-state index contributed by atoms with van der Waals surface area (Å²) in [6, 6.07) is 7.07. The van der Waals surface area contributed by atoms with E-state index in [0.717, 1.165) is 38.2 Å². The largest absolute Gasteiger partial charge is 0.337 e. The molecule has 0 saturated carbocycles. The zero-order chi connectivity index (χ0) is 18.0. The molecular formula is C18H27N5O2. The van der Waals surface area contributed by atoms with Gasteiger partial charge < -0.3 is 10.2 Å². The number of para-hydroxylation sites is 2. The second kappa shape index (κ2) is 7.41. The number of fused-ring (bicyclic) bond motifs is 1. The van der Waals surface area contributed by atoms with Gasteiger partial charge in [-0.1, -0.05) is 12.1 Å². The first-order valence-corrected chi connectivity index (χ1v) is 8.90. The number of imidazole rings is 1. The van der Waals surface area contributed by atoms with E-state index in [1.165, 1.54) is 4.57 Å². The van der Waals surface area contributed by atoms with Gasteiger partial charge in [-0.25, -0.2) is 14.2 Å². The quantitative estimate of drug-likeness (QED) is 0.904. The minimum atomic E-state index is -0.352. The van der Waals surface area contributed by atoms with Crippen molar-refractivity contribution in [2.75, 3.05) is 46.3 Å². The highest BCUT2D eigenvalue weighted by Gasteiger charge is 2.20. The molecule has 1 aromatic carbocycles. The van der Waals surface area contributed by atoms with E-state index in [2.05, 4.69) is 22.2 Å². The van der Waals surface area contributed by atoms with Crippen LogP contribution in [0.5, 0.6) is 0 Å². The van der Waals surface area contributed by atoms with E-state index in [1.807, 2.05) is 38.1 Å². The molecule has 7 heteroatoms. The predicted molar refractivity (Wildman–Crippen MR) is 99.3 cm³/mol. The molecule has 0 unspecified atom stereocenters. The molecule has 3 rings (SSSR count). The number of likely N-dealkylation sites (N-methyl/N-ethyl adjacent to an activating group) is 1.